The third-order valence-electron chi connectivity index (χ3n) is 4.04. The molecule has 2 N–H and O–H groups in total. The monoisotopic (exact) mass is 277 g/mol. The van der Waals surface area contributed by atoms with Crippen LogP contribution in [0.4, 0.5) is 5.82 Å². The first kappa shape index (κ1) is 15.3. The number of piperidine rings is 1. The molecule has 0 amide bonds. The minimum Gasteiger partial charge on any atom is -0.396 e. The van der Waals surface area contributed by atoms with Crippen molar-refractivity contribution in [2.24, 2.45) is 5.92 Å². The fourth-order valence-electron chi connectivity index (χ4n) is 2.79. The highest BCUT2D eigenvalue weighted by molar-refractivity contribution is 5.47. The van der Waals surface area contributed by atoms with Gasteiger partial charge in [-0.2, -0.15) is 0 Å². The van der Waals surface area contributed by atoms with Crippen molar-refractivity contribution in [2.45, 2.75) is 39.7 Å². The molecular weight excluding hydrogens is 250 g/mol. The van der Waals surface area contributed by atoms with E-state index in [1.54, 1.807) is 0 Å². The molecule has 0 aliphatic carbocycles. The van der Waals surface area contributed by atoms with Gasteiger partial charge in [-0.3, -0.25) is 0 Å². The highest BCUT2D eigenvalue weighted by Crippen LogP contribution is 2.24. The maximum Gasteiger partial charge on any atom is 0.131 e. The van der Waals surface area contributed by atoms with Crippen LogP contribution in [-0.4, -0.2) is 36.3 Å². The molecule has 4 heteroatoms. The zero-order valence-electron chi connectivity index (χ0n) is 12.7. The van der Waals surface area contributed by atoms with Crippen molar-refractivity contribution in [1.82, 2.24) is 10.3 Å². The lowest BCUT2D eigenvalue weighted by Gasteiger charge is -2.33. The van der Waals surface area contributed by atoms with Gasteiger partial charge in [0.05, 0.1) is 0 Å². The van der Waals surface area contributed by atoms with E-state index in [9.17, 15) is 5.11 Å². The van der Waals surface area contributed by atoms with Crippen LogP contribution in [0.5, 0.6) is 0 Å². The van der Waals surface area contributed by atoms with Gasteiger partial charge in [0.25, 0.3) is 0 Å². The van der Waals surface area contributed by atoms with Crippen LogP contribution in [0.2, 0.25) is 0 Å². The van der Waals surface area contributed by atoms with Gasteiger partial charge in [-0.1, -0.05) is 6.92 Å². The molecule has 4 nitrogen and oxygen atoms in total. The third kappa shape index (κ3) is 3.93. The Labute approximate surface area is 122 Å². The van der Waals surface area contributed by atoms with Crippen LogP contribution in [-0.2, 0) is 6.54 Å². The molecule has 2 rings (SSSR count). The average molecular weight is 277 g/mol. The summed E-state index contributed by atoms with van der Waals surface area (Å²) in [5, 5.41) is 12.6. The van der Waals surface area contributed by atoms with E-state index in [0.717, 1.165) is 51.3 Å². The number of nitrogens with zero attached hydrogens (tertiary/aromatic N) is 2. The number of aryl methyl sites for hydroxylation is 1. The molecule has 1 saturated heterocycles. The van der Waals surface area contributed by atoms with Gasteiger partial charge < -0.3 is 15.3 Å². The fraction of sp³-hybridized carbons (Fsp3) is 0.688. The zero-order chi connectivity index (χ0) is 14.4. The second-order valence-corrected chi connectivity index (χ2v) is 5.77. The number of rotatable bonds is 6. The molecule has 0 radical (unpaired) electrons. The van der Waals surface area contributed by atoms with Crippen molar-refractivity contribution in [1.29, 1.82) is 0 Å². The minimum atomic E-state index is 0.322. The molecule has 0 spiro atoms. The van der Waals surface area contributed by atoms with Crippen LogP contribution in [0.1, 0.15) is 37.3 Å². The van der Waals surface area contributed by atoms with E-state index in [1.807, 2.05) is 6.20 Å². The number of hydrogen-bond acceptors (Lipinski definition) is 4. The number of nitrogens with one attached hydrogen (secondary N) is 1. The van der Waals surface area contributed by atoms with E-state index in [4.69, 9.17) is 0 Å². The largest absolute Gasteiger partial charge is 0.396 e. The molecule has 1 aliphatic rings. The first-order valence-electron chi connectivity index (χ1n) is 7.76. The summed E-state index contributed by atoms with van der Waals surface area (Å²) in [4.78, 5) is 7.01. The van der Waals surface area contributed by atoms with Crippen LogP contribution in [0.25, 0.3) is 0 Å². The molecule has 112 valence electrons. The summed E-state index contributed by atoms with van der Waals surface area (Å²) in [5.41, 5.74) is 2.51. The number of anilines is 1. The van der Waals surface area contributed by atoms with Gasteiger partial charge >= 0.3 is 0 Å². The standard InChI is InChI=1S/C16H27N3O/c1-3-6-17-10-15-9-13(2)16(18-11-15)19-7-4-14(12-20)5-8-19/h9,11,14,17,20H,3-8,10,12H2,1-2H3. The summed E-state index contributed by atoms with van der Waals surface area (Å²) in [6.45, 7) is 8.60. The topological polar surface area (TPSA) is 48.4 Å². The normalized spacial score (nSPS) is 16.6. The Balaban J connectivity index is 1.95. The van der Waals surface area contributed by atoms with Crippen molar-refractivity contribution in [3.63, 3.8) is 0 Å². The molecule has 0 saturated carbocycles. The van der Waals surface area contributed by atoms with Crippen LogP contribution < -0.4 is 10.2 Å². The number of aliphatic hydroxyl groups is 1. The lowest BCUT2D eigenvalue weighted by atomic mass is 9.97. The summed E-state index contributed by atoms with van der Waals surface area (Å²) in [6, 6.07) is 2.24. The van der Waals surface area contributed by atoms with Gasteiger partial charge in [-0.25, -0.2) is 4.98 Å². The second kappa shape index (κ2) is 7.60. The van der Waals surface area contributed by atoms with Gasteiger partial charge in [0.2, 0.25) is 0 Å². The van der Waals surface area contributed by atoms with Gasteiger partial charge in [0.1, 0.15) is 5.82 Å². The van der Waals surface area contributed by atoms with E-state index in [0.29, 0.717) is 12.5 Å². The highest BCUT2D eigenvalue weighted by Gasteiger charge is 2.20. The van der Waals surface area contributed by atoms with Crippen LogP contribution in [0.3, 0.4) is 0 Å². The molecule has 0 aromatic carbocycles. The molecule has 1 aliphatic heterocycles. The van der Waals surface area contributed by atoms with E-state index in [1.165, 1.54) is 11.1 Å². The first-order chi connectivity index (χ1) is 9.74. The summed E-state index contributed by atoms with van der Waals surface area (Å²) in [6.07, 6.45) is 5.28. The third-order valence-corrected chi connectivity index (χ3v) is 4.04. The Morgan fingerprint density at radius 1 is 1.40 bits per heavy atom. The summed E-state index contributed by atoms with van der Waals surface area (Å²) in [5.74, 6) is 1.59. The van der Waals surface area contributed by atoms with E-state index >= 15 is 0 Å². The van der Waals surface area contributed by atoms with Gasteiger partial charge in [-0.15, -0.1) is 0 Å². The molecule has 0 atom stereocenters. The molecule has 0 bridgehead atoms. The smallest absolute Gasteiger partial charge is 0.131 e. The predicted octanol–water partition coefficient (Wildman–Crippen LogP) is 2.10. The lowest BCUT2D eigenvalue weighted by Crippen LogP contribution is -2.35. The minimum absolute atomic E-state index is 0.322. The van der Waals surface area contributed by atoms with Gasteiger partial charge in [0.15, 0.2) is 0 Å². The van der Waals surface area contributed by atoms with Crippen molar-refractivity contribution < 1.29 is 5.11 Å². The molecule has 2 heterocycles. The predicted molar refractivity (Wildman–Crippen MR) is 83.0 cm³/mol. The first-order valence-corrected chi connectivity index (χ1v) is 7.76. The molecule has 1 fully saturated rings. The maximum atomic E-state index is 9.20. The molecule has 20 heavy (non-hydrogen) atoms. The van der Waals surface area contributed by atoms with Crippen LogP contribution in [0, 0.1) is 12.8 Å². The Kier molecular flexibility index (Phi) is 5.80. The molecular formula is C16H27N3O. The number of aromatic nitrogens is 1. The summed E-state index contributed by atoms with van der Waals surface area (Å²) >= 11 is 0. The van der Waals surface area contributed by atoms with E-state index in [-0.39, 0.29) is 0 Å². The quantitative estimate of drug-likeness (QED) is 0.782. The van der Waals surface area contributed by atoms with E-state index in [2.05, 4.69) is 35.1 Å². The Morgan fingerprint density at radius 3 is 2.75 bits per heavy atom. The van der Waals surface area contributed by atoms with E-state index < -0.39 is 0 Å². The fourth-order valence-corrected chi connectivity index (χ4v) is 2.79. The Hall–Kier alpha value is -1.13. The van der Waals surface area contributed by atoms with Gasteiger partial charge in [-0.05, 0) is 55.8 Å². The number of pyridine rings is 1. The van der Waals surface area contributed by atoms with Crippen molar-refractivity contribution in [3.8, 4) is 0 Å². The van der Waals surface area contributed by atoms with Crippen molar-refractivity contribution in [3.05, 3.63) is 23.4 Å². The Morgan fingerprint density at radius 2 is 2.15 bits per heavy atom. The zero-order valence-corrected chi connectivity index (χ0v) is 12.7. The highest BCUT2D eigenvalue weighted by atomic mass is 16.3. The van der Waals surface area contributed by atoms with Crippen molar-refractivity contribution >= 4 is 5.82 Å². The van der Waals surface area contributed by atoms with Crippen LogP contribution >= 0.6 is 0 Å². The lowest BCUT2D eigenvalue weighted by molar-refractivity contribution is 0.202. The number of aliphatic hydroxyl groups excluding tert-OH is 1. The van der Waals surface area contributed by atoms with Gasteiger partial charge in [0, 0.05) is 32.4 Å². The summed E-state index contributed by atoms with van der Waals surface area (Å²) in [7, 11) is 0. The molecule has 1 aromatic heterocycles. The Bertz CT molecular complexity index is 414. The molecule has 1 aromatic rings. The van der Waals surface area contributed by atoms with Crippen molar-refractivity contribution in [2.75, 3.05) is 31.1 Å². The maximum absolute atomic E-state index is 9.20. The summed E-state index contributed by atoms with van der Waals surface area (Å²) < 4.78 is 0. The number of hydrogen-bond donors (Lipinski definition) is 2. The average Bonchev–Trinajstić information content (AvgIpc) is 2.48. The SMILES string of the molecule is CCCNCc1cnc(N2CCC(CO)CC2)c(C)c1. The molecule has 0 unspecified atom stereocenters. The van der Waals surface area contributed by atoms with Crippen LogP contribution in [0.15, 0.2) is 12.3 Å². The second-order valence-electron chi connectivity index (χ2n) is 5.77.